The molecule has 3 nitrogen and oxygen atoms in total. The zero-order valence-electron chi connectivity index (χ0n) is 17.8. The van der Waals surface area contributed by atoms with E-state index in [1.807, 2.05) is 78.0 Å². The Bertz CT molecular complexity index is 822. The van der Waals surface area contributed by atoms with Crippen LogP contribution < -0.4 is 16.0 Å². The molecular formula is C24H35N3. The van der Waals surface area contributed by atoms with Crippen molar-refractivity contribution < 1.29 is 0 Å². The number of H-pyrrole nitrogens is 1. The normalized spacial score (nSPS) is 11.3. The van der Waals surface area contributed by atoms with Crippen molar-refractivity contribution in [2.75, 3.05) is 11.9 Å². The number of aromatic nitrogens is 2. The molecule has 0 aliphatic rings. The summed E-state index contributed by atoms with van der Waals surface area (Å²) in [5.74, 6) is 0.871. The molecule has 2 N–H and O–H groups in total. The quantitative estimate of drug-likeness (QED) is 0.669. The lowest BCUT2D eigenvalue weighted by atomic mass is 10.2. The van der Waals surface area contributed by atoms with E-state index in [1.54, 1.807) is 6.08 Å². The number of hydrogen-bond donors (Lipinski definition) is 2. The van der Waals surface area contributed by atoms with Gasteiger partial charge in [-0.05, 0) is 49.8 Å². The molecule has 1 aromatic carbocycles. The molecule has 2 rings (SSSR count). The molecule has 0 saturated carbocycles. The van der Waals surface area contributed by atoms with Crippen molar-refractivity contribution in [1.82, 2.24) is 9.97 Å². The molecule has 0 aliphatic heterocycles. The average Bonchev–Trinajstić information content (AvgIpc) is 3.17. The van der Waals surface area contributed by atoms with Gasteiger partial charge in [-0.25, -0.2) is 4.98 Å². The molecular weight excluding hydrogens is 330 g/mol. The summed E-state index contributed by atoms with van der Waals surface area (Å²) >= 11 is 0. The highest BCUT2D eigenvalue weighted by Gasteiger charge is 2.02. The number of rotatable bonds is 6. The van der Waals surface area contributed by atoms with Crippen molar-refractivity contribution in [2.45, 2.75) is 41.5 Å². The van der Waals surface area contributed by atoms with Gasteiger partial charge in [0.2, 0.25) is 0 Å². The predicted molar refractivity (Wildman–Crippen MR) is 123 cm³/mol. The second kappa shape index (κ2) is 14.4. The Balaban J connectivity index is 0.00000158. The summed E-state index contributed by atoms with van der Waals surface area (Å²) in [6.45, 7) is 20.3. The van der Waals surface area contributed by atoms with Crippen LogP contribution in [0.1, 0.15) is 41.5 Å². The minimum atomic E-state index is 0.695. The number of nitrogens with one attached hydrogen (secondary N) is 2. The Morgan fingerprint density at radius 2 is 1.74 bits per heavy atom. The van der Waals surface area contributed by atoms with Gasteiger partial charge in [0, 0.05) is 17.8 Å². The number of nitrogens with zero attached hydrogens (tertiary/aromatic N) is 1. The van der Waals surface area contributed by atoms with Crippen molar-refractivity contribution in [2.24, 2.45) is 0 Å². The van der Waals surface area contributed by atoms with Gasteiger partial charge in [0.25, 0.3) is 0 Å². The van der Waals surface area contributed by atoms with E-state index in [2.05, 4.69) is 40.6 Å². The van der Waals surface area contributed by atoms with E-state index in [0.29, 0.717) is 6.54 Å². The van der Waals surface area contributed by atoms with E-state index in [1.165, 1.54) is 0 Å². The third-order valence-electron chi connectivity index (χ3n) is 3.46. The summed E-state index contributed by atoms with van der Waals surface area (Å²) < 4.78 is 0. The predicted octanol–water partition coefficient (Wildman–Crippen LogP) is 5.44. The van der Waals surface area contributed by atoms with Crippen LogP contribution in [0.2, 0.25) is 0 Å². The molecule has 27 heavy (non-hydrogen) atoms. The van der Waals surface area contributed by atoms with Gasteiger partial charge in [-0.3, -0.25) is 0 Å². The van der Waals surface area contributed by atoms with Gasteiger partial charge >= 0.3 is 0 Å². The van der Waals surface area contributed by atoms with Crippen LogP contribution in [0.3, 0.4) is 0 Å². The Morgan fingerprint density at radius 3 is 2.26 bits per heavy atom. The number of allylic oxidation sites excluding steroid dienone is 2. The largest absolute Gasteiger partial charge is 0.381 e. The van der Waals surface area contributed by atoms with Crippen LogP contribution in [-0.4, -0.2) is 16.5 Å². The maximum atomic E-state index is 4.64. The molecule has 0 fully saturated rings. The van der Waals surface area contributed by atoms with E-state index in [-0.39, 0.29) is 0 Å². The number of imidazole rings is 1. The van der Waals surface area contributed by atoms with Gasteiger partial charge in [0.1, 0.15) is 5.82 Å². The molecule has 0 aliphatic carbocycles. The van der Waals surface area contributed by atoms with E-state index >= 15 is 0 Å². The third-order valence-corrected chi connectivity index (χ3v) is 3.46. The molecule has 0 unspecified atom stereocenters. The van der Waals surface area contributed by atoms with Gasteiger partial charge in [0.15, 0.2) is 0 Å². The van der Waals surface area contributed by atoms with Gasteiger partial charge in [0.05, 0.1) is 10.7 Å². The van der Waals surface area contributed by atoms with Crippen LogP contribution in [-0.2, 0) is 0 Å². The second-order valence-corrected chi connectivity index (χ2v) is 5.16. The van der Waals surface area contributed by atoms with Crippen LogP contribution in [0.4, 0.5) is 5.69 Å². The molecule has 0 radical (unpaired) electrons. The monoisotopic (exact) mass is 365 g/mol. The minimum Gasteiger partial charge on any atom is -0.381 e. The smallest absolute Gasteiger partial charge is 0.138 e. The van der Waals surface area contributed by atoms with Crippen LogP contribution >= 0.6 is 0 Å². The SMILES string of the molecule is C=CC(=C)CNc1ccc(-c2nc(=C/C)/c(=C\C=C/C)[nH]2)cc1.CC.CC. The van der Waals surface area contributed by atoms with E-state index in [9.17, 15) is 0 Å². The van der Waals surface area contributed by atoms with Gasteiger partial charge in [-0.15, -0.1) is 0 Å². The Labute approximate surface area is 165 Å². The summed E-state index contributed by atoms with van der Waals surface area (Å²) in [4.78, 5) is 8.01. The summed E-state index contributed by atoms with van der Waals surface area (Å²) in [7, 11) is 0. The summed E-state index contributed by atoms with van der Waals surface area (Å²) in [6.07, 6.45) is 9.80. The van der Waals surface area contributed by atoms with Crippen molar-refractivity contribution >= 4 is 17.8 Å². The van der Waals surface area contributed by atoms with Crippen LogP contribution in [0.5, 0.6) is 0 Å². The van der Waals surface area contributed by atoms with Crippen molar-refractivity contribution in [3.63, 3.8) is 0 Å². The zero-order valence-corrected chi connectivity index (χ0v) is 17.8. The number of aromatic amines is 1. The fraction of sp³-hybridized carbons (Fsp3) is 0.292. The lowest BCUT2D eigenvalue weighted by molar-refractivity contribution is 1.26. The number of benzene rings is 1. The molecule has 1 heterocycles. The summed E-state index contributed by atoms with van der Waals surface area (Å²) in [6, 6.07) is 8.19. The number of hydrogen-bond acceptors (Lipinski definition) is 2. The molecule has 2 aromatic rings. The van der Waals surface area contributed by atoms with Gasteiger partial charge in [-0.1, -0.05) is 65.2 Å². The molecule has 0 saturated heterocycles. The average molecular weight is 366 g/mol. The molecule has 146 valence electrons. The molecule has 3 heteroatoms. The lowest BCUT2D eigenvalue weighted by Crippen LogP contribution is -2.23. The Hall–Kier alpha value is -2.81. The third kappa shape index (κ3) is 7.95. The zero-order chi connectivity index (χ0) is 20.7. The van der Waals surface area contributed by atoms with Crippen LogP contribution in [0.25, 0.3) is 23.5 Å². The van der Waals surface area contributed by atoms with Crippen LogP contribution in [0, 0.1) is 0 Å². The van der Waals surface area contributed by atoms with Crippen molar-refractivity contribution in [3.05, 3.63) is 71.9 Å². The fourth-order valence-electron chi connectivity index (χ4n) is 2.11. The van der Waals surface area contributed by atoms with E-state index in [4.69, 9.17) is 0 Å². The second-order valence-electron chi connectivity index (χ2n) is 5.16. The first-order chi connectivity index (χ1) is 13.2. The fourth-order valence-corrected chi connectivity index (χ4v) is 2.11. The van der Waals surface area contributed by atoms with Crippen molar-refractivity contribution in [1.29, 1.82) is 0 Å². The molecule has 0 bridgehead atoms. The Kier molecular flexibility index (Phi) is 12.9. The molecule has 1 aromatic heterocycles. The first-order valence-electron chi connectivity index (χ1n) is 9.67. The highest BCUT2D eigenvalue weighted by atomic mass is 14.9. The summed E-state index contributed by atoms with van der Waals surface area (Å²) in [5, 5.41) is 5.29. The molecule has 0 atom stereocenters. The lowest BCUT2D eigenvalue weighted by Gasteiger charge is -2.06. The Morgan fingerprint density at radius 1 is 1.11 bits per heavy atom. The first kappa shape index (κ1) is 24.2. The maximum absolute atomic E-state index is 4.64. The summed E-state index contributed by atoms with van der Waals surface area (Å²) in [5.41, 5.74) is 3.07. The molecule has 0 amide bonds. The molecule has 0 spiro atoms. The van der Waals surface area contributed by atoms with Gasteiger partial charge < -0.3 is 10.3 Å². The highest BCUT2D eigenvalue weighted by Crippen LogP contribution is 2.16. The minimum absolute atomic E-state index is 0.695. The van der Waals surface area contributed by atoms with Gasteiger partial charge in [-0.2, -0.15) is 0 Å². The van der Waals surface area contributed by atoms with E-state index < -0.39 is 0 Å². The first-order valence-corrected chi connectivity index (χ1v) is 9.67. The van der Waals surface area contributed by atoms with E-state index in [0.717, 1.165) is 33.3 Å². The topological polar surface area (TPSA) is 40.7 Å². The van der Waals surface area contributed by atoms with Crippen molar-refractivity contribution in [3.8, 4) is 11.4 Å². The van der Waals surface area contributed by atoms with Crippen LogP contribution in [0.15, 0.2) is 61.2 Å². The standard InChI is InChI=1S/C20H23N3.2C2H6/c1-5-8-9-19-18(7-3)22-20(23-19)16-10-12-17(13-11-16)21-14-15(4)6-2;2*1-2/h5-13,21H,2,4,14H2,1,3H3,(H,22,23);2*1-2H3/b8-5-,18-7+,19-9+;;. The maximum Gasteiger partial charge on any atom is 0.138 e. The highest BCUT2D eigenvalue weighted by molar-refractivity contribution is 5.60. The number of anilines is 1.